The third-order valence-corrected chi connectivity index (χ3v) is 4.75. The molecule has 0 aromatic heterocycles. The van der Waals surface area contributed by atoms with Crippen molar-refractivity contribution in [1.29, 1.82) is 0 Å². The van der Waals surface area contributed by atoms with Crippen molar-refractivity contribution in [2.45, 2.75) is 63.2 Å². The highest BCUT2D eigenvalue weighted by Crippen LogP contribution is 2.27. The second kappa shape index (κ2) is 6.63. The molecule has 0 heterocycles. The Bertz CT molecular complexity index is 243. The molecule has 0 aromatic carbocycles. The van der Waals surface area contributed by atoms with Crippen molar-refractivity contribution >= 4 is 17.5 Å². The highest BCUT2D eigenvalue weighted by atomic mass is 35.5. The molecule has 2 aliphatic carbocycles. The van der Waals surface area contributed by atoms with Crippen LogP contribution < -0.4 is 5.32 Å². The molecule has 98 valence electrons. The molecule has 0 unspecified atom stereocenters. The Morgan fingerprint density at radius 3 is 2.29 bits per heavy atom. The molecule has 2 fully saturated rings. The molecule has 0 saturated heterocycles. The summed E-state index contributed by atoms with van der Waals surface area (Å²) >= 11 is 6.08. The van der Waals surface area contributed by atoms with Gasteiger partial charge in [0.2, 0.25) is 5.91 Å². The zero-order valence-electron chi connectivity index (χ0n) is 10.6. The predicted octanol–water partition coefficient (Wildman–Crippen LogP) is 3.48. The minimum absolute atomic E-state index is 0.299. The van der Waals surface area contributed by atoms with E-state index >= 15 is 0 Å². The Labute approximate surface area is 109 Å². The van der Waals surface area contributed by atoms with Crippen molar-refractivity contribution in [3.05, 3.63) is 0 Å². The fourth-order valence-corrected chi connectivity index (χ4v) is 3.33. The number of alkyl halides is 1. The maximum atomic E-state index is 12.0. The smallest absolute Gasteiger partial charge is 0.223 e. The first-order valence-electron chi connectivity index (χ1n) is 7.17. The van der Waals surface area contributed by atoms with Gasteiger partial charge in [-0.2, -0.15) is 0 Å². The van der Waals surface area contributed by atoms with E-state index in [-0.39, 0.29) is 0 Å². The fourth-order valence-electron chi connectivity index (χ4n) is 3.08. The molecule has 2 aliphatic rings. The summed E-state index contributed by atoms with van der Waals surface area (Å²) < 4.78 is 0. The van der Waals surface area contributed by atoms with E-state index in [1.54, 1.807) is 0 Å². The monoisotopic (exact) mass is 257 g/mol. The topological polar surface area (TPSA) is 29.1 Å². The van der Waals surface area contributed by atoms with Gasteiger partial charge in [-0.05, 0) is 44.4 Å². The molecule has 0 aliphatic heterocycles. The van der Waals surface area contributed by atoms with Crippen LogP contribution in [0.4, 0.5) is 0 Å². The highest BCUT2D eigenvalue weighted by Gasteiger charge is 2.23. The number of nitrogens with one attached hydrogen (secondary N) is 1. The maximum absolute atomic E-state index is 12.0. The van der Waals surface area contributed by atoms with Crippen molar-refractivity contribution in [1.82, 2.24) is 5.32 Å². The van der Waals surface area contributed by atoms with E-state index in [2.05, 4.69) is 5.32 Å². The van der Waals surface area contributed by atoms with Gasteiger partial charge in [0.15, 0.2) is 0 Å². The molecule has 0 atom stereocenters. The number of hydrogen-bond donors (Lipinski definition) is 1. The average molecular weight is 258 g/mol. The van der Waals surface area contributed by atoms with E-state index in [1.807, 2.05) is 0 Å². The third-order valence-electron chi connectivity index (χ3n) is 4.32. The first-order chi connectivity index (χ1) is 8.25. The molecular weight excluding hydrogens is 234 g/mol. The minimum atomic E-state index is 0.299. The predicted molar refractivity (Wildman–Crippen MR) is 71.2 cm³/mol. The van der Waals surface area contributed by atoms with Gasteiger partial charge < -0.3 is 5.32 Å². The SMILES string of the molecule is O=C(NCC1CCC(Cl)CC1)C1CCCCC1. The molecule has 2 saturated carbocycles. The summed E-state index contributed by atoms with van der Waals surface area (Å²) in [6.45, 7) is 0.874. The zero-order chi connectivity index (χ0) is 12.1. The molecule has 17 heavy (non-hydrogen) atoms. The molecule has 0 aromatic rings. The maximum Gasteiger partial charge on any atom is 0.223 e. The normalized spacial score (nSPS) is 31.1. The van der Waals surface area contributed by atoms with E-state index in [4.69, 9.17) is 11.6 Å². The molecule has 3 heteroatoms. The van der Waals surface area contributed by atoms with E-state index in [1.165, 1.54) is 32.1 Å². The van der Waals surface area contributed by atoms with Crippen molar-refractivity contribution in [3.63, 3.8) is 0 Å². The van der Waals surface area contributed by atoms with Crippen LogP contribution in [0.2, 0.25) is 0 Å². The summed E-state index contributed by atoms with van der Waals surface area (Å²) in [6, 6.07) is 0. The van der Waals surface area contributed by atoms with Crippen LogP contribution in [0.25, 0.3) is 0 Å². The second-order valence-corrected chi connectivity index (χ2v) is 6.32. The third kappa shape index (κ3) is 4.17. The molecule has 2 rings (SSSR count). The Morgan fingerprint density at radius 1 is 1.00 bits per heavy atom. The van der Waals surface area contributed by atoms with Gasteiger partial charge in [-0.1, -0.05) is 19.3 Å². The summed E-state index contributed by atoms with van der Waals surface area (Å²) in [6.07, 6.45) is 10.6. The molecular formula is C14H24ClNO. The summed E-state index contributed by atoms with van der Waals surface area (Å²) in [5.41, 5.74) is 0. The largest absolute Gasteiger partial charge is 0.356 e. The van der Waals surface area contributed by atoms with Crippen LogP contribution in [-0.2, 0) is 4.79 Å². The first-order valence-corrected chi connectivity index (χ1v) is 7.61. The molecule has 0 bridgehead atoms. The van der Waals surface area contributed by atoms with Crippen LogP contribution in [0.5, 0.6) is 0 Å². The number of carbonyl (C=O) groups excluding carboxylic acids is 1. The van der Waals surface area contributed by atoms with Crippen molar-refractivity contribution in [2.75, 3.05) is 6.54 Å². The van der Waals surface area contributed by atoms with Gasteiger partial charge in [0.1, 0.15) is 0 Å². The van der Waals surface area contributed by atoms with Gasteiger partial charge in [-0.25, -0.2) is 0 Å². The lowest BCUT2D eigenvalue weighted by Gasteiger charge is -2.26. The number of halogens is 1. The van der Waals surface area contributed by atoms with E-state index in [0.717, 1.165) is 32.2 Å². The van der Waals surface area contributed by atoms with Crippen LogP contribution in [0.1, 0.15) is 57.8 Å². The summed E-state index contributed by atoms with van der Waals surface area (Å²) in [5.74, 6) is 1.27. The standard InChI is InChI=1S/C14H24ClNO/c15-13-8-6-11(7-9-13)10-16-14(17)12-4-2-1-3-5-12/h11-13H,1-10H2,(H,16,17). The lowest BCUT2D eigenvalue weighted by atomic mass is 9.87. The molecule has 0 radical (unpaired) electrons. The lowest BCUT2D eigenvalue weighted by molar-refractivity contribution is -0.126. The molecule has 0 spiro atoms. The van der Waals surface area contributed by atoms with Crippen LogP contribution >= 0.6 is 11.6 Å². The van der Waals surface area contributed by atoms with Crippen LogP contribution in [-0.4, -0.2) is 17.8 Å². The molecule has 2 nitrogen and oxygen atoms in total. The van der Waals surface area contributed by atoms with Gasteiger partial charge in [-0.3, -0.25) is 4.79 Å². The quantitative estimate of drug-likeness (QED) is 0.771. The fraction of sp³-hybridized carbons (Fsp3) is 0.929. The zero-order valence-corrected chi connectivity index (χ0v) is 11.3. The van der Waals surface area contributed by atoms with Gasteiger partial charge >= 0.3 is 0 Å². The number of carbonyl (C=O) groups is 1. The molecule has 1 amide bonds. The first kappa shape index (κ1) is 13.2. The van der Waals surface area contributed by atoms with Crippen molar-refractivity contribution in [3.8, 4) is 0 Å². The van der Waals surface area contributed by atoms with E-state index in [0.29, 0.717) is 23.1 Å². The summed E-state index contributed by atoms with van der Waals surface area (Å²) in [5, 5.41) is 3.53. The highest BCUT2D eigenvalue weighted by molar-refractivity contribution is 6.20. The van der Waals surface area contributed by atoms with Crippen molar-refractivity contribution < 1.29 is 4.79 Å². The van der Waals surface area contributed by atoms with Gasteiger partial charge in [0.25, 0.3) is 0 Å². The van der Waals surface area contributed by atoms with Crippen LogP contribution in [0.15, 0.2) is 0 Å². The van der Waals surface area contributed by atoms with Gasteiger partial charge in [-0.15, -0.1) is 11.6 Å². The van der Waals surface area contributed by atoms with Crippen molar-refractivity contribution in [2.24, 2.45) is 11.8 Å². The number of amides is 1. The van der Waals surface area contributed by atoms with Gasteiger partial charge in [0, 0.05) is 17.8 Å². The van der Waals surface area contributed by atoms with Crippen LogP contribution in [0.3, 0.4) is 0 Å². The van der Waals surface area contributed by atoms with E-state index < -0.39 is 0 Å². The molecule has 1 N–H and O–H groups in total. The number of rotatable bonds is 3. The number of hydrogen-bond acceptors (Lipinski definition) is 1. The van der Waals surface area contributed by atoms with Gasteiger partial charge in [0.05, 0.1) is 0 Å². The minimum Gasteiger partial charge on any atom is -0.356 e. The lowest BCUT2D eigenvalue weighted by Crippen LogP contribution is -2.36. The average Bonchev–Trinajstić information content (AvgIpc) is 2.39. The second-order valence-electron chi connectivity index (χ2n) is 5.70. The Balaban J connectivity index is 1.65. The Hall–Kier alpha value is -0.240. The Kier molecular flexibility index (Phi) is 5.15. The van der Waals surface area contributed by atoms with E-state index in [9.17, 15) is 4.79 Å². The summed E-state index contributed by atoms with van der Waals surface area (Å²) in [4.78, 5) is 12.0. The summed E-state index contributed by atoms with van der Waals surface area (Å²) in [7, 11) is 0. The van der Waals surface area contributed by atoms with Crippen LogP contribution in [0, 0.1) is 11.8 Å². The Morgan fingerprint density at radius 2 is 1.65 bits per heavy atom.